The summed E-state index contributed by atoms with van der Waals surface area (Å²) >= 11 is 0. The molecule has 2 aromatic heterocycles. The fraction of sp³-hybridized carbons (Fsp3) is 0.125. The van der Waals surface area contributed by atoms with Crippen LogP contribution in [0.5, 0.6) is 0 Å². The number of nitrogens with zero attached hydrogens (tertiary/aromatic N) is 3. The van der Waals surface area contributed by atoms with Crippen LogP contribution in [-0.4, -0.2) is 38.3 Å². The lowest BCUT2D eigenvalue weighted by Crippen LogP contribution is -2.33. The van der Waals surface area contributed by atoms with E-state index in [0.717, 1.165) is 5.69 Å². The molecule has 0 aliphatic heterocycles. The fourth-order valence-electron chi connectivity index (χ4n) is 2.16. The number of amides is 2. The van der Waals surface area contributed by atoms with Crippen molar-refractivity contribution in [2.75, 3.05) is 11.9 Å². The highest BCUT2D eigenvalue weighted by atomic mass is 16.2. The Morgan fingerprint density at radius 3 is 2.67 bits per heavy atom. The molecule has 0 bridgehead atoms. The molecular formula is C16H16N6O2. The molecule has 0 aliphatic carbocycles. The van der Waals surface area contributed by atoms with Crippen LogP contribution in [0, 0.1) is 6.92 Å². The molecule has 0 fully saturated rings. The van der Waals surface area contributed by atoms with Gasteiger partial charge in [0.25, 0.3) is 5.91 Å². The number of aryl methyl sites for hydroxylation is 1. The topological polar surface area (TPSA) is 105 Å². The number of aromatic amines is 1. The molecule has 24 heavy (non-hydrogen) atoms. The van der Waals surface area contributed by atoms with Crippen LogP contribution in [-0.2, 0) is 4.79 Å². The van der Waals surface area contributed by atoms with Gasteiger partial charge < -0.3 is 10.6 Å². The lowest BCUT2D eigenvalue weighted by molar-refractivity contribution is -0.115. The van der Waals surface area contributed by atoms with E-state index in [-0.39, 0.29) is 18.4 Å². The molecule has 3 rings (SSSR count). The highest BCUT2D eigenvalue weighted by Gasteiger charge is 2.12. The Kier molecular flexibility index (Phi) is 4.37. The number of benzene rings is 1. The van der Waals surface area contributed by atoms with E-state index >= 15 is 0 Å². The molecular weight excluding hydrogens is 308 g/mol. The maximum Gasteiger partial charge on any atom is 0.255 e. The maximum atomic E-state index is 11.9. The quantitative estimate of drug-likeness (QED) is 0.657. The first-order chi connectivity index (χ1) is 11.6. The third kappa shape index (κ3) is 3.49. The smallest absolute Gasteiger partial charge is 0.255 e. The monoisotopic (exact) mass is 324 g/mol. The molecule has 0 saturated carbocycles. The van der Waals surface area contributed by atoms with E-state index in [1.807, 2.05) is 24.4 Å². The number of nitrogens with one attached hydrogen (secondary N) is 3. The second kappa shape index (κ2) is 6.78. The van der Waals surface area contributed by atoms with E-state index in [2.05, 4.69) is 25.9 Å². The van der Waals surface area contributed by atoms with Crippen molar-refractivity contribution < 1.29 is 9.59 Å². The summed E-state index contributed by atoms with van der Waals surface area (Å²) in [5, 5.41) is 15.9. The van der Waals surface area contributed by atoms with E-state index in [0.29, 0.717) is 16.9 Å². The lowest BCUT2D eigenvalue weighted by atomic mass is 10.2. The number of anilines is 1. The van der Waals surface area contributed by atoms with E-state index < -0.39 is 0 Å². The standard InChI is InChI=1S/C16H16N6O2/c1-11-14(9-18-21-11)16(24)17-10-15(23)20-12-3-5-13(6-4-12)22-8-2-7-19-22/h2-9H,10H2,1H3,(H,17,24)(H,18,21)(H,20,23). The number of H-pyrrole nitrogens is 1. The van der Waals surface area contributed by atoms with Crippen LogP contribution in [0.15, 0.2) is 48.9 Å². The van der Waals surface area contributed by atoms with E-state index in [1.165, 1.54) is 6.20 Å². The number of carbonyl (C=O) groups excluding carboxylic acids is 2. The first-order valence-electron chi connectivity index (χ1n) is 7.31. The number of aromatic nitrogens is 4. The normalized spacial score (nSPS) is 10.4. The molecule has 0 atom stereocenters. The Bertz CT molecular complexity index is 836. The molecule has 8 heteroatoms. The molecule has 0 unspecified atom stereocenters. The van der Waals surface area contributed by atoms with Crippen LogP contribution >= 0.6 is 0 Å². The first-order valence-corrected chi connectivity index (χ1v) is 7.31. The van der Waals surface area contributed by atoms with Gasteiger partial charge in [-0.05, 0) is 37.3 Å². The summed E-state index contributed by atoms with van der Waals surface area (Å²) in [4.78, 5) is 23.8. The van der Waals surface area contributed by atoms with Gasteiger partial charge in [-0.15, -0.1) is 0 Å². The van der Waals surface area contributed by atoms with Gasteiger partial charge in [0.1, 0.15) is 0 Å². The lowest BCUT2D eigenvalue weighted by Gasteiger charge is -2.08. The second-order valence-corrected chi connectivity index (χ2v) is 5.14. The van der Waals surface area contributed by atoms with Gasteiger partial charge in [0, 0.05) is 23.8 Å². The summed E-state index contributed by atoms with van der Waals surface area (Å²) in [5.74, 6) is -0.651. The SMILES string of the molecule is Cc1[nH]ncc1C(=O)NCC(=O)Nc1ccc(-n2cccn2)cc1. The van der Waals surface area contributed by atoms with E-state index in [4.69, 9.17) is 0 Å². The maximum absolute atomic E-state index is 11.9. The molecule has 8 nitrogen and oxygen atoms in total. The zero-order valence-electron chi connectivity index (χ0n) is 13.0. The van der Waals surface area contributed by atoms with Crippen molar-refractivity contribution >= 4 is 17.5 Å². The third-order valence-corrected chi connectivity index (χ3v) is 3.40. The average molecular weight is 324 g/mol. The summed E-state index contributed by atoms with van der Waals surface area (Å²) in [7, 11) is 0. The number of carbonyl (C=O) groups is 2. The van der Waals surface area contributed by atoms with E-state index in [1.54, 1.807) is 29.9 Å². The van der Waals surface area contributed by atoms with Gasteiger partial charge in [-0.3, -0.25) is 14.7 Å². The molecule has 0 aliphatic rings. The summed E-state index contributed by atoms with van der Waals surface area (Å²) < 4.78 is 1.72. The predicted octanol–water partition coefficient (Wildman–Crippen LogP) is 1.27. The highest BCUT2D eigenvalue weighted by molar-refractivity contribution is 5.99. The zero-order chi connectivity index (χ0) is 16.9. The highest BCUT2D eigenvalue weighted by Crippen LogP contribution is 2.12. The van der Waals surface area contributed by atoms with Gasteiger partial charge in [0.05, 0.1) is 24.0 Å². The molecule has 2 amide bonds. The minimum atomic E-state index is -0.342. The molecule has 0 saturated heterocycles. The Morgan fingerprint density at radius 2 is 2.04 bits per heavy atom. The third-order valence-electron chi connectivity index (χ3n) is 3.40. The van der Waals surface area contributed by atoms with Crippen molar-refractivity contribution in [3.8, 4) is 5.69 Å². The van der Waals surface area contributed by atoms with Gasteiger partial charge in [0.2, 0.25) is 5.91 Å². The largest absolute Gasteiger partial charge is 0.343 e. The van der Waals surface area contributed by atoms with Crippen LogP contribution in [0.25, 0.3) is 5.69 Å². The Morgan fingerprint density at radius 1 is 1.25 bits per heavy atom. The van der Waals surface area contributed by atoms with Crippen LogP contribution < -0.4 is 10.6 Å². The van der Waals surface area contributed by atoms with Crippen molar-refractivity contribution in [2.45, 2.75) is 6.92 Å². The Balaban J connectivity index is 1.53. The molecule has 3 N–H and O–H groups in total. The molecule has 0 radical (unpaired) electrons. The van der Waals surface area contributed by atoms with Crippen molar-refractivity contribution in [1.29, 1.82) is 0 Å². The fourth-order valence-corrected chi connectivity index (χ4v) is 2.16. The molecule has 2 heterocycles. The van der Waals surface area contributed by atoms with Crippen LogP contribution in [0.3, 0.4) is 0 Å². The van der Waals surface area contributed by atoms with Crippen LogP contribution in [0.1, 0.15) is 16.1 Å². The van der Waals surface area contributed by atoms with Gasteiger partial charge in [0.15, 0.2) is 0 Å². The molecule has 122 valence electrons. The summed E-state index contributed by atoms with van der Waals surface area (Å²) in [6, 6.07) is 9.07. The minimum absolute atomic E-state index is 0.121. The van der Waals surface area contributed by atoms with Crippen LogP contribution in [0.2, 0.25) is 0 Å². The molecule has 0 spiro atoms. The molecule has 1 aromatic carbocycles. The predicted molar refractivity (Wildman–Crippen MR) is 87.9 cm³/mol. The van der Waals surface area contributed by atoms with Crippen LogP contribution in [0.4, 0.5) is 5.69 Å². The average Bonchev–Trinajstić information content (AvgIpc) is 3.25. The van der Waals surface area contributed by atoms with E-state index in [9.17, 15) is 9.59 Å². The summed E-state index contributed by atoms with van der Waals surface area (Å²) in [5.41, 5.74) is 2.61. The van der Waals surface area contributed by atoms with Gasteiger partial charge in [-0.1, -0.05) is 0 Å². The van der Waals surface area contributed by atoms with Crippen molar-refractivity contribution in [3.05, 3.63) is 60.2 Å². The Hall–Kier alpha value is -3.42. The second-order valence-electron chi connectivity index (χ2n) is 5.14. The van der Waals surface area contributed by atoms with Gasteiger partial charge >= 0.3 is 0 Å². The van der Waals surface area contributed by atoms with Crippen molar-refractivity contribution in [1.82, 2.24) is 25.3 Å². The van der Waals surface area contributed by atoms with Crippen molar-refractivity contribution in [3.63, 3.8) is 0 Å². The number of hydrogen-bond acceptors (Lipinski definition) is 4. The van der Waals surface area contributed by atoms with Crippen molar-refractivity contribution in [2.24, 2.45) is 0 Å². The summed E-state index contributed by atoms with van der Waals surface area (Å²) in [6.07, 6.45) is 4.96. The summed E-state index contributed by atoms with van der Waals surface area (Å²) in [6.45, 7) is 1.62. The molecule has 3 aromatic rings. The number of hydrogen-bond donors (Lipinski definition) is 3. The van der Waals surface area contributed by atoms with Gasteiger partial charge in [-0.25, -0.2) is 4.68 Å². The zero-order valence-corrected chi connectivity index (χ0v) is 13.0. The first kappa shape index (κ1) is 15.5. The van der Waals surface area contributed by atoms with Gasteiger partial charge in [-0.2, -0.15) is 10.2 Å². The minimum Gasteiger partial charge on any atom is -0.343 e. The Labute approximate surface area is 137 Å². The number of rotatable bonds is 5.